The van der Waals surface area contributed by atoms with E-state index in [4.69, 9.17) is 0 Å². The summed E-state index contributed by atoms with van der Waals surface area (Å²) in [7, 11) is 0. The van der Waals surface area contributed by atoms with Crippen molar-refractivity contribution in [1.29, 1.82) is 0 Å². The van der Waals surface area contributed by atoms with Gasteiger partial charge in [0.05, 0.1) is 23.0 Å². The molecule has 3 nitrogen and oxygen atoms in total. The molecule has 4 heteroatoms. The Kier molecular flexibility index (Phi) is 4.75. The number of rotatable bonds is 4. The fraction of sp³-hybridized carbons (Fsp3) is 0.0909. The first kappa shape index (κ1) is 16.5. The molecule has 3 aromatic carbocycles. The Labute approximate surface area is 156 Å². The molecule has 0 saturated heterocycles. The quantitative estimate of drug-likeness (QED) is 0.364. The monoisotopic (exact) mass is 357 g/mol. The maximum Gasteiger partial charge on any atom is 0.211 e. The molecule has 1 aromatic heterocycles. The Morgan fingerprint density at radius 1 is 0.885 bits per heavy atom. The fourth-order valence-electron chi connectivity index (χ4n) is 2.81. The van der Waals surface area contributed by atoms with Crippen LogP contribution in [-0.4, -0.2) is 10.8 Å². The predicted molar refractivity (Wildman–Crippen MR) is 110 cm³/mol. The molecule has 0 saturated carbocycles. The minimum atomic E-state index is 0.781. The first-order chi connectivity index (χ1) is 12.8. The second-order valence-corrected chi connectivity index (χ2v) is 7.19. The highest BCUT2D eigenvalue weighted by atomic mass is 32.1. The molecular weight excluding hydrogens is 338 g/mol. The van der Waals surface area contributed by atoms with Gasteiger partial charge in [0, 0.05) is 0 Å². The van der Waals surface area contributed by atoms with Gasteiger partial charge in [0.2, 0.25) is 4.80 Å². The lowest BCUT2D eigenvalue weighted by Crippen LogP contribution is -2.15. The first-order valence-corrected chi connectivity index (χ1v) is 9.37. The van der Waals surface area contributed by atoms with E-state index < -0.39 is 0 Å². The summed E-state index contributed by atoms with van der Waals surface area (Å²) in [6.45, 7) is 2.86. The fourth-order valence-corrected chi connectivity index (χ4v) is 3.80. The molecule has 0 fully saturated rings. The van der Waals surface area contributed by atoms with Gasteiger partial charge in [0.25, 0.3) is 0 Å². The number of aromatic nitrogens is 1. The van der Waals surface area contributed by atoms with Crippen LogP contribution in [0.25, 0.3) is 10.2 Å². The third-order valence-electron chi connectivity index (χ3n) is 4.20. The minimum Gasteiger partial charge on any atom is -0.311 e. The van der Waals surface area contributed by atoms with Gasteiger partial charge in [-0.1, -0.05) is 83.6 Å². The Morgan fingerprint density at radius 2 is 1.62 bits per heavy atom. The van der Waals surface area contributed by atoms with E-state index in [1.807, 2.05) is 6.07 Å². The van der Waals surface area contributed by atoms with Crippen LogP contribution in [0.1, 0.15) is 16.7 Å². The van der Waals surface area contributed by atoms with Crippen LogP contribution in [0.3, 0.4) is 0 Å². The highest BCUT2D eigenvalue weighted by molar-refractivity contribution is 7.16. The van der Waals surface area contributed by atoms with Gasteiger partial charge < -0.3 is 4.57 Å². The van der Waals surface area contributed by atoms with E-state index in [1.165, 1.54) is 21.3 Å². The molecular formula is C22H19N3S. The van der Waals surface area contributed by atoms with Crippen molar-refractivity contribution in [2.45, 2.75) is 13.5 Å². The molecule has 0 amide bonds. The smallest absolute Gasteiger partial charge is 0.211 e. The van der Waals surface area contributed by atoms with Crippen LogP contribution in [0.4, 0.5) is 0 Å². The molecule has 0 bridgehead atoms. The van der Waals surface area contributed by atoms with Crippen molar-refractivity contribution in [3.05, 3.63) is 100 Å². The average Bonchev–Trinajstić information content (AvgIpc) is 3.02. The van der Waals surface area contributed by atoms with Crippen LogP contribution >= 0.6 is 11.3 Å². The maximum atomic E-state index is 4.51. The molecule has 1 heterocycles. The lowest BCUT2D eigenvalue weighted by atomic mass is 10.2. The van der Waals surface area contributed by atoms with Gasteiger partial charge in [-0.3, -0.25) is 0 Å². The lowest BCUT2D eigenvalue weighted by Gasteiger charge is -2.04. The van der Waals surface area contributed by atoms with Gasteiger partial charge in [0.15, 0.2) is 0 Å². The van der Waals surface area contributed by atoms with E-state index in [2.05, 4.69) is 94.5 Å². The second kappa shape index (κ2) is 7.50. The van der Waals surface area contributed by atoms with Crippen molar-refractivity contribution < 1.29 is 0 Å². The van der Waals surface area contributed by atoms with Crippen LogP contribution in [0.15, 0.2) is 89.1 Å². The third-order valence-corrected chi connectivity index (χ3v) is 5.25. The summed E-state index contributed by atoms with van der Waals surface area (Å²) in [4.78, 5) is 0.901. The Hall–Kier alpha value is -2.98. The van der Waals surface area contributed by atoms with E-state index in [-0.39, 0.29) is 0 Å². The second-order valence-electron chi connectivity index (χ2n) is 6.18. The number of fused-ring (bicyclic) bond motifs is 1. The minimum absolute atomic E-state index is 0.781. The standard InChI is InChI=1S/C22H19N3S/c1-17-11-13-18(14-12-17)15-23-24-22-25(16-19-7-3-2-4-8-19)20-9-5-6-10-21(20)26-22/h2-15H,16H2,1H3/b23-15+,24-22+. The first-order valence-electron chi connectivity index (χ1n) is 8.56. The highest BCUT2D eigenvalue weighted by Gasteiger charge is 2.06. The molecule has 26 heavy (non-hydrogen) atoms. The number of para-hydroxylation sites is 1. The lowest BCUT2D eigenvalue weighted by molar-refractivity contribution is 0.789. The van der Waals surface area contributed by atoms with E-state index in [9.17, 15) is 0 Å². The van der Waals surface area contributed by atoms with Crippen LogP contribution in [0.2, 0.25) is 0 Å². The van der Waals surface area contributed by atoms with Gasteiger partial charge >= 0.3 is 0 Å². The van der Waals surface area contributed by atoms with Gasteiger partial charge in [-0.25, -0.2) is 0 Å². The van der Waals surface area contributed by atoms with Crippen molar-refractivity contribution in [1.82, 2.24) is 4.57 Å². The van der Waals surface area contributed by atoms with E-state index in [0.29, 0.717) is 0 Å². The summed E-state index contributed by atoms with van der Waals surface area (Å²) < 4.78 is 3.44. The zero-order valence-electron chi connectivity index (χ0n) is 14.5. The van der Waals surface area contributed by atoms with Crippen molar-refractivity contribution in [3.63, 3.8) is 0 Å². The number of hydrogen-bond donors (Lipinski definition) is 0. The topological polar surface area (TPSA) is 29.6 Å². The van der Waals surface area contributed by atoms with Crippen molar-refractivity contribution >= 4 is 27.8 Å². The number of benzene rings is 3. The van der Waals surface area contributed by atoms with Crippen LogP contribution in [-0.2, 0) is 6.54 Å². The SMILES string of the molecule is Cc1ccc(/C=N/N=c2/sc3ccccc3n2Cc2ccccc2)cc1. The molecule has 0 aliphatic rings. The number of aryl methyl sites for hydroxylation is 1. The number of thiazole rings is 1. The summed E-state index contributed by atoms with van der Waals surface area (Å²) in [5, 5.41) is 8.84. The highest BCUT2D eigenvalue weighted by Crippen LogP contribution is 2.18. The van der Waals surface area contributed by atoms with Crippen LogP contribution in [0.5, 0.6) is 0 Å². The molecule has 0 unspecified atom stereocenters. The molecule has 0 atom stereocenters. The Morgan fingerprint density at radius 3 is 2.42 bits per heavy atom. The molecule has 128 valence electrons. The van der Waals surface area contributed by atoms with Gasteiger partial charge in [-0.15, -0.1) is 5.10 Å². The van der Waals surface area contributed by atoms with E-state index >= 15 is 0 Å². The summed E-state index contributed by atoms with van der Waals surface area (Å²) in [5.41, 5.74) is 4.73. The summed E-state index contributed by atoms with van der Waals surface area (Å²) in [6, 6.07) is 27.1. The number of hydrogen-bond acceptors (Lipinski definition) is 3. The predicted octanol–water partition coefficient (Wildman–Crippen LogP) is 4.99. The van der Waals surface area contributed by atoms with Gasteiger partial charge in [-0.05, 0) is 30.2 Å². The number of nitrogens with zero attached hydrogens (tertiary/aromatic N) is 3. The Bertz CT molecular complexity index is 1100. The molecule has 0 N–H and O–H groups in total. The van der Waals surface area contributed by atoms with Crippen molar-refractivity contribution in [3.8, 4) is 0 Å². The molecule has 0 aliphatic carbocycles. The zero-order valence-corrected chi connectivity index (χ0v) is 15.4. The molecule has 4 aromatic rings. The van der Waals surface area contributed by atoms with Crippen molar-refractivity contribution in [2.24, 2.45) is 10.2 Å². The molecule has 0 aliphatic heterocycles. The van der Waals surface area contributed by atoms with Crippen LogP contribution in [0, 0.1) is 6.92 Å². The van der Waals surface area contributed by atoms with Crippen LogP contribution < -0.4 is 4.80 Å². The zero-order chi connectivity index (χ0) is 17.8. The Balaban J connectivity index is 1.73. The normalized spacial score (nSPS) is 12.3. The van der Waals surface area contributed by atoms with Gasteiger partial charge in [0.1, 0.15) is 0 Å². The third kappa shape index (κ3) is 3.65. The van der Waals surface area contributed by atoms with Gasteiger partial charge in [-0.2, -0.15) is 5.10 Å². The van der Waals surface area contributed by atoms with E-state index in [0.717, 1.165) is 16.9 Å². The van der Waals surface area contributed by atoms with Crippen molar-refractivity contribution in [2.75, 3.05) is 0 Å². The summed E-state index contributed by atoms with van der Waals surface area (Å²) >= 11 is 1.66. The summed E-state index contributed by atoms with van der Waals surface area (Å²) in [6.07, 6.45) is 1.80. The average molecular weight is 357 g/mol. The molecule has 0 radical (unpaired) electrons. The largest absolute Gasteiger partial charge is 0.311 e. The van der Waals surface area contributed by atoms with E-state index in [1.54, 1.807) is 17.6 Å². The molecule has 0 spiro atoms. The molecule has 4 rings (SSSR count). The summed E-state index contributed by atoms with van der Waals surface area (Å²) in [5.74, 6) is 0. The maximum absolute atomic E-state index is 4.51.